The van der Waals surface area contributed by atoms with Crippen molar-refractivity contribution >= 4 is 27.9 Å². The molecule has 0 radical (unpaired) electrons. The van der Waals surface area contributed by atoms with Gasteiger partial charge in [-0.15, -0.1) is 0 Å². The minimum absolute atomic E-state index is 0.177. The van der Waals surface area contributed by atoms with Crippen LogP contribution in [0.1, 0.15) is 21.9 Å². The number of hydrogen-bond acceptors (Lipinski definition) is 4. The molecular formula is C24H18N4O2. The number of benzene rings is 2. The Morgan fingerprint density at radius 2 is 1.70 bits per heavy atom. The highest BCUT2D eigenvalue weighted by Gasteiger charge is 2.20. The van der Waals surface area contributed by atoms with Gasteiger partial charge in [0.05, 0.1) is 22.3 Å². The first-order chi connectivity index (χ1) is 14.5. The maximum absolute atomic E-state index is 12.1. The highest BCUT2D eigenvalue weighted by Crippen LogP contribution is 2.32. The number of nitrogens with zero attached hydrogens (tertiary/aromatic N) is 4. The molecule has 0 aliphatic rings. The number of carbonyl (C=O) groups is 1. The van der Waals surface area contributed by atoms with Crippen LogP contribution >= 0.6 is 0 Å². The SMILES string of the molecule is Cc1cc(-n2c(C)nc3c(C(=O)O)cc(-c4ccncc4)cc32)c2ccccc2n1. The zero-order valence-corrected chi connectivity index (χ0v) is 16.5. The van der Waals surface area contributed by atoms with Crippen molar-refractivity contribution in [2.75, 3.05) is 0 Å². The van der Waals surface area contributed by atoms with Crippen molar-refractivity contribution < 1.29 is 9.90 Å². The lowest BCUT2D eigenvalue weighted by Crippen LogP contribution is -2.02. The molecule has 0 atom stereocenters. The van der Waals surface area contributed by atoms with E-state index in [1.54, 1.807) is 18.5 Å². The maximum atomic E-state index is 12.1. The predicted molar refractivity (Wildman–Crippen MR) is 116 cm³/mol. The summed E-state index contributed by atoms with van der Waals surface area (Å²) in [6.07, 6.45) is 3.39. The average Bonchev–Trinajstić information content (AvgIpc) is 3.08. The number of carboxylic acids is 1. The Kier molecular flexibility index (Phi) is 4.06. The number of fused-ring (bicyclic) bond motifs is 2. The normalized spacial score (nSPS) is 11.3. The molecule has 0 amide bonds. The van der Waals surface area contributed by atoms with Crippen molar-refractivity contribution in [1.82, 2.24) is 19.5 Å². The van der Waals surface area contributed by atoms with E-state index in [1.807, 2.05) is 66.9 Å². The zero-order chi connectivity index (χ0) is 20.8. The fourth-order valence-corrected chi connectivity index (χ4v) is 3.94. The summed E-state index contributed by atoms with van der Waals surface area (Å²) in [5.41, 5.74) is 5.80. The van der Waals surface area contributed by atoms with Crippen molar-refractivity contribution in [3.05, 3.63) is 84.1 Å². The molecule has 0 saturated carbocycles. The van der Waals surface area contributed by atoms with Crippen LogP contribution in [0.25, 0.3) is 38.8 Å². The molecule has 1 N–H and O–H groups in total. The van der Waals surface area contributed by atoms with Crippen molar-refractivity contribution in [2.45, 2.75) is 13.8 Å². The van der Waals surface area contributed by atoms with Gasteiger partial charge >= 0.3 is 5.97 Å². The summed E-state index contributed by atoms with van der Waals surface area (Å²) in [5, 5.41) is 10.9. The number of aromatic nitrogens is 4. The van der Waals surface area contributed by atoms with Crippen LogP contribution in [0, 0.1) is 13.8 Å². The van der Waals surface area contributed by atoms with E-state index in [2.05, 4.69) is 15.0 Å². The van der Waals surface area contributed by atoms with Crippen molar-refractivity contribution in [3.63, 3.8) is 0 Å². The summed E-state index contributed by atoms with van der Waals surface area (Å²) < 4.78 is 2.02. The van der Waals surface area contributed by atoms with Crippen LogP contribution in [-0.2, 0) is 0 Å². The van der Waals surface area contributed by atoms with Gasteiger partial charge in [0.15, 0.2) is 0 Å². The maximum Gasteiger partial charge on any atom is 0.337 e. The minimum atomic E-state index is -1.00. The molecule has 5 rings (SSSR count). The Balaban J connectivity index is 1.90. The number of hydrogen-bond donors (Lipinski definition) is 1. The standard InChI is InChI=1S/C24H18N4O2/c1-14-11-21(18-5-3-4-6-20(18)26-14)28-15(2)27-23-19(24(29)30)12-17(13-22(23)28)16-7-9-25-10-8-16/h3-13H,1-2H3,(H,29,30). The van der Waals surface area contributed by atoms with E-state index in [4.69, 9.17) is 0 Å². The van der Waals surface area contributed by atoms with Gasteiger partial charge in [-0.2, -0.15) is 0 Å². The molecule has 146 valence electrons. The van der Waals surface area contributed by atoms with E-state index in [9.17, 15) is 9.90 Å². The molecule has 0 aliphatic carbocycles. The van der Waals surface area contributed by atoms with Gasteiger partial charge in [0.25, 0.3) is 0 Å². The monoisotopic (exact) mass is 394 g/mol. The number of aromatic carboxylic acids is 1. The quantitative estimate of drug-likeness (QED) is 0.468. The molecule has 2 aromatic carbocycles. The number of rotatable bonds is 3. The highest BCUT2D eigenvalue weighted by molar-refractivity contribution is 6.04. The first-order valence-corrected chi connectivity index (χ1v) is 9.56. The van der Waals surface area contributed by atoms with Crippen LogP contribution in [0.4, 0.5) is 0 Å². The summed E-state index contributed by atoms with van der Waals surface area (Å²) in [6, 6.07) is 17.3. The molecule has 0 unspecified atom stereocenters. The molecule has 0 saturated heterocycles. The fourth-order valence-electron chi connectivity index (χ4n) is 3.94. The molecule has 30 heavy (non-hydrogen) atoms. The second-order valence-electron chi connectivity index (χ2n) is 7.23. The molecule has 6 heteroatoms. The van der Waals surface area contributed by atoms with Gasteiger partial charge in [-0.3, -0.25) is 14.5 Å². The Labute approximate surface area is 172 Å². The number of para-hydroxylation sites is 1. The van der Waals surface area contributed by atoms with E-state index in [1.165, 1.54) is 0 Å². The first-order valence-electron chi connectivity index (χ1n) is 9.56. The van der Waals surface area contributed by atoms with Crippen LogP contribution in [0.15, 0.2) is 67.0 Å². The van der Waals surface area contributed by atoms with Crippen molar-refractivity contribution in [2.24, 2.45) is 0 Å². The third-order valence-electron chi connectivity index (χ3n) is 5.24. The van der Waals surface area contributed by atoms with Gasteiger partial charge in [-0.1, -0.05) is 18.2 Å². The summed E-state index contributed by atoms with van der Waals surface area (Å²) in [5.74, 6) is -0.286. The van der Waals surface area contributed by atoms with Crippen molar-refractivity contribution in [1.29, 1.82) is 0 Å². The average molecular weight is 394 g/mol. The van der Waals surface area contributed by atoms with E-state index in [0.717, 1.165) is 44.8 Å². The number of aryl methyl sites for hydroxylation is 2. The van der Waals surface area contributed by atoms with E-state index in [0.29, 0.717) is 5.52 Å². The highest BCUT2D eigenvalue weighted by atomic mass is 16.4. The molecule has 6 nitrogen and oxygen atoms in total. The smallest absolute Gasteiger partial charge is 0.337 e. The summed E-state index contributed by atoms with van der Waals surface area (Å²) in [4.78, 5) is 25.4. The van der Waals surface area contributed by atoms with Gasteiger partial charge in [0.2, 0.25) is 0 Å². The summed E-state index contributed by atoms with van der Waals surface area (Å²) in [6.45, 7) is 3.84. The third-order valence-corrected chi connectivity index (χ3v) is 5.24. The van der Waals surface area contributed by atoms with Gasteiger partial charge in [0.1, 0.15) is 11.3 Å². The zero-order valence-electron chi connectivity index (χ0n) is 16.5. The Morgan fingerprint density at radius 3 is 2.47 bits per heavy atom. The van der Waals surface area contributed by atoms with E-state index in [-0.39, 0.29) is 5.56 Å². The number of pyridine rings is 2. The molecule has 5 aromatic rings. The topological polar surface area (TPSA) is 80.9 Å². The van der Waals surface area contributed by atoms with Crippen LogP contribution in [0.3, 0.4) is 0 Å². The Bertz CT molecular complexity index is 1440. The van der Waals surface area contributed by atoms with E-state index < -0.39 is 5.97 Å². The summed E-state index contributed by atoms with van der Waals surface area (Å²) >= 11 is 0. The molecular weight excluding hydrogens is 376 g/mol. The molecule has 0 fully saturated rings. The summed E-state index contributed by atoms with van der Waals surface area (Å²) in [7, 11) is 0. The van der Waals surface area contributed by atoms with Crippen LogP contribution in [0.5, 0.6) is 0 Å². The van der Waals surface area contributed by atoms with Gasteiger partial charge in [-0.05, 0) is 61.4 Å². The van der Waals surface area contributed by atoms with Gasteiger partial charge in [0, 0.05) is 23.5 Å². The lowest BCUT2D eigenvalue weighted by Gasteiger charge is -2.13. The van der Waals surface area contributed by atoms with Crippen LogP contribution < -0.4 is 0 Å². The second-order valence-corrected chi connectivity index (χ2v) is 7.23. The minimum Gasteiger partial charge on any atom is -0.478 e. The number of imidazole rings is 1. The predicted octanol–water partition coefficient (Wildman–Crippen LogP) is 4.95. The van der Waals surface area contributed by atoms with Crippen LogP contribution in [-0.4, -0.2) is 30.6 Å². The van der Waals surface area contributed by atoms with Crippen molar-refractivity contribution in [3.8, 4) is 16.8 Å². The molecule has 0 bridgehead atoms. The number of carboxylic acid groups (broad SMARTS) is 1. The lowest BCUT2D eigenvalue weighted by atomic mass is 10.0. The first kappa shape index (κ1) is 18.0. The van der Waals surface area contributed by atoms with E-state index >= 15 is 0 Å². The Morgan fingerprint density at radius 1 is 0.933 bits per heavy atom. The largest absolute Gasteiger partial charge is 0.478 e. The molecule has 3 aromatic heterocycles. The molecule has 0 aliphatic heterocycles. The van der Waals surface area contributed by atoms with Gasteiger partial charge in [-0.25, -0.2) is 9.78 Å². The van der Waals surface area contributed by atoms with Gasteiger partial charge < -0.3 is 5.11 Å². The van der Waals surface area contributed by atoms with Crippen LogP contribution in [0.2, 0.25) is 0 Å². The second kappa shape index (κ2) is 6.77. The molecule has 3 heterocycles. The lowest BCUT2D eigenvalue weighted by molar-refractivity contribution is 0.0699. The fraction of sp³-hybridized carbons (Fsp3) is 0.0833. The Hall–Kier alpha value is -4.06. The molecule has 0 spiro atoms. The third kappa shape index (κ3) is 2.81.